The zero-order chi connectivity index (χ0) is 22.9. The molecule has 0 aromatic heterocycles. The lowest BCUT2D eigenvalue weighted by molar-refractivity contribution is 0.0948. The Bertz CT molecular complexity index is 1080. The van der Waals surface area contributed by atoms with Crippen molar-refractivity contribution < 1.29 is 38.1 Å². The van der Waals surface area contributed by atoms with E-state index in [-0.39, 0.29) is 68.8 Å². The number of fused-ring (bicyclic) bond motifs is 2. The van der Waals surface area contributed by atoms with Gasteiger partial charge < -0.3 is 23.7 Å². The largest absolute Gasteiger partial charge is 0.496 e. The lowest BCUT2D eigenvalue weighted by Gasteiger charge is -2.26. The van der Waals surface area contributed by atoms with E-state index in [4.69, 9.17) is 23.7 Å². The maximum atomic E-state index is 13.8. The van der Waals surface area contributed by atoms with Crippen LogP contribution in [0.3, 0.4) is 0 Å². The molecule has 1 aliphatic carbocycles. The van der Waals surface area contributed by atoms with Crippen molar-refractivity contribution in [2.75, 3.05) is 35.5 Å². The zero-order valence-corrected chi connectivity index (χ0v) is 18.3. The van der Waals surface area contributed by atoms with Crippen LogP contribution >= 0.6 is 0 Å². The van der Waals surface area contributed by atoms with E-state index >= 15 is 0 Å². The Hall–Kier alpha value is -3.55. The number of methoxy groups -OCH3 is 5. The fourth-order valence-corrected chi connectivity index (χ4v) is 3.86. The summed E-state index contributed by atoms with van der Waals surface area (Å²) in [6.45, 7) is 1.85. The molecule has 0 heterocycles. The van der Waals surface area contributed by atoms with Gasteiger partial charge in [0, 0.05) is 18.6 Å². The predicted molar refractivity (Wildman–Crippen MR) is 112 cm³/mol. The number of Topliss-reactive ketones (excluding diaryl/α,β-unsaturated/α-hetero) is 1. The molecule has 0 bridgehead atoms. The Morgan fingerprint density at radius 2 is 1.16 bits per heavy atom. The second-order valence-corrected chi connectivity index (χ2v) is 6.80. The Kier molecular flexibility index (Phi) is 6.19. The van der Waals surface area contributed by atoms with Crippen molar-refractivity contribution in [1.29, 1.82) is 0 Å². The lowest BCUT2D eigenvalue weighted by Crippen LogP contribution is -2.27. The van der Waals surface area contributed by atoms with Gasteiger partial charge in [0.2, 0.25) is 5.78 Å². The molecule has 164 valence electrons. The third-order valence-electron chi connectivity index (χ3n) is 5.21. The molecular weight excluding hydrogens is 404 g/mol. The van der Waals surface area contributed by atoms with Gasteiger partial charge in [-0.15, -0.1) is 0 Å². The molecule has 0 saturated heterocycles. The highest BCUT2D eigenvalue weighted by atomic mass is 16.5. The number of benzene rings is 2. The first-order chi connectivity index (χ1) is 14.9. The molecule has 0 fully saturated rings. The molecular formula is C23H24O8. The fourth-order valence-electron chi connectivity index (χ4n) is 3.86. The van der Waals surface area contributed by atoms with Gasteiger partial charge in [-0.05, 0) is 6.42 Å². The highest BCUT2D eigenvalue weighted by Gasteiger charge is 2.42. The van der Waals surface area contributed by atoms with Gasteiger partial charge in [-0.3, -0.25) is 14.4 Å². The summed E-state index contributed by atoms with van der Waals surface area (Å²) in [5.74, 6) is -0.666. The number of hydrogen-bond acceptors (Lipinski definition) is 8. The summed E-state index contributed by atoms with van der Waals surface area (Å²) in [5, 5.41) is 0. The second kappa shape index (κ2) is 8.67. The van der Waals surface area contributed by atoms with Crippen LogP contribution < -0.4 is 23.7 Å². The molecule has 0 spiro atoms. The molecule has 0 radical (unpaired) electrons. The van der Waals surface area contributed by atoms with Crippen molar-refractivity contribution in [3.63, 3.8) is 0 Å². The topological polar surface area (TPSA) is 97.4 Å². The molecule has 31 heavy (non-hydrogen) atoms. The predicted octanol–water partition coefficient (Wildman–Crippen LogP) is 3.49. The third kappa shape index (κ3) is 3.28. The van der Waals surface area contributed by atoms with Crippen LogP contribution in [0.15, 0.2) is 12.1 Å². The molecule has 0 unspecified atom stereocenters. The van der Waals surface area contributed by atoms with Crippen LogP contribution in [0.2, 0.25) is 0 Å². The van der Waals surface area contributed by atoms with Gasteiger partial charge in [-0.25, -0.2) is 0 Å². The van der Waals surface area contributed by atoms with E-state index in [1.807, 2.05) is 6.92 Å². The van der Waals surface area contributed by atoms with Gasteiger partial charge >= 0.3 is 0 Å². The number of ether oxygens (including phenoxy) is 5. The normalized spacial score (nSPS) is 12.1. The molecule has 0 atom stereocenters. The van der Waals surface area contributed by atoms with Crippen molar-refractivity contribution in [3.05, 3.63) is 39.9 Å². The van der Waals surface area contributed by atoms with Crippen LogP contribution in [-0.4, -0.2) is 52.9 Å². The van der Waals surface area contributed by atoms with E-state index in [1.165, 1.54) is 47.7 Å². The first kappa shape index (κ1) is 22.1. The van der Waals surface area contributed by atoms with Crippen molar-refractivity contribution >= 4 is 17.3 Å². The smallest absolute Gasteiger partial charge is 0.202 e. The molecule has 0 saturated carbocycles. The molecule has 3 rings (SSSR count). The second-order valence-electron chi connectivity index (χ2n) is 6.80. The van der Waals surface area contributed by atoms with Crippen LogP contribution in [0, 0.1) is 0 Å². The SMILES string of the molecule is CCCC(=O)c1c(OC)cc(OC)c2c1C(=O)c1c(OC)c(OC)cc(OC)c1C2=O. The molecule has 8 heteroatoms. The Morgan fingerprint density at radius 3 is 1.65 bits per heavy atom. The number of rotatable bonds is 8. The summed E-state index contributed by atoms with van der Waals surface area (Å²) in [6, 6.07) is 2.93. The van der Waals surface area contributed by atoms with Crippen LogP contribution in [0.25, 0.3) is 0 Å². The van der Waals surface area contributed by atoms with Gasteiger partial charge in [0.05, 0.1) is 63.4 Å². The molecule has 2 aromatic carbocycles. The monoisotopic (exact) mass is 428 g/mol. The molecule has 2 aromatic rings. The van der Waals surface area contributed by atoms with Crippen LogP contribution in [0.4, 0.5) is 0 Å². The standard InChI is InChI=1S/C23H24O8/c1-7-8-11(24)16-12(27-2)9-13(28-3)17-19(16)22(26)20-18(21(17)25)14(29-4)10-15(30-5)23(20)31-6/h9-10H,7-8H2,1-6H3. The van der Waals surface area contributed by atoms with Crippen molar-refractivity contribution in [2.45, 2.75) is 19.8 Å². The van der Waals surface area contributed by atoms with Gasteiger partial charge in [-0.1, -0.05) is 6.92 Å². The summed E-state index contributed by atoms with van der Waals surface area (Å²) in [5.41, 5.74) is -0.0356. The van der Waals surface area contributed by atoms with E-state index in [0.717, 1.165) is 0 Å². The zero-order valence-electron chi connectivity index (χ0n) is 18.3. The van der Waals surface area contributed by atoms with Crippen molar-refractivity contribution in [2.24, 2.45) is 0 Å². The average molecular weight is 428 g/mol. The minimum Gasteiger partial charge on any atom is -0.496 e. The van der Waals surface area contributed by atoms with E-state index in [2.05, 4.69) is 0 Å². The molecule has 0 aliphatic heterocycles. The van der Waals surface area contributed by atoms with Gasteiger partial charge in [0.15, 0.2) is 23.1 Å². The van der Waals surface area contributed by atoms with Gasteiger partial charge in [-0.2, -0.15) is 0 Å². The van der Waals surface area contributed by atoms with Crippen LogP contribution in [0.5, 0.6) is 28.7 Å². The lowest BCUT2D eigenvalue weighted by atomic mass is 9.78. The summed E-state index contributed by atoms with van der Waals surface area (Å²) >= 11 is 0. The Balaban J connectivity index is 2.49. The fraction of sp³-hybridized carbons (Fsp3) is 0.348. The minimum absolute atomic E-state index is 0.00854. The van der Waals surface area contributed by atoms with Crippen molar-refractivity contribution in [1.82, 2.24) is 0 Å². The molecule has 0 N–H and O–H groups in total. The van der Waals surface area contributed by atoms with Crippen LogP contribution in [0.1, 0.15) is 62.0 Å². The maximum Gasteiger partial charge on any atom is 0.202 e. The Morgan fingerprint density at radius 1 is 0.677 bits per heavy atom. The number of carbonyl (C=O) groups excluding carboxylic acids is 3. The maximum absolute atomic E-state index is 13.8. The van der Waals surface area contributed by atoms with Crippen molar-refractivity contribution in [3.8, 4) is 28.7 Å². The van der Waals surface area contributed by atoms with Gasteiger partial charge in [0.25, 0.3) is 0 Å². The van der Waals surface area contributed by atoms with Crippen LogP contribution in [-0.2, 0) is 0 Å². The summed E-state index contributed by atoms with van der Waals surface area (Å²) in [7, 11) is 6.93. The summed E-state index contributed by atoms with van der Waals surface area (Å²) in [6.07, 6.45) is 0.745. The minimum atomic E-state index is -0.574. The van der Waals surface area contributed by atoms with E-state index < -0.39 is 11.6 Å². The first-order valence-corrected chi connectivity index (χ1v) is 9.64. The Labute approximate surface area is 180 Å². The number of hydrogen-bond donors (Lipinski definition) is 0. The number of ketones is 3. The molecule has 0 amide bonds. The molecule has 1 aliphatic rings. The average Bonchev–Trinajstić information content (AvgIpc) is 2.79. The van der Waals surface area contributed by atoms with Gasteiger partial charge in [0.1, 0.15) is 17.2 Å². The quantitative estimate of drug-likeness (QED) is 0.503. The highest BCUT2D eigenvalue weighted by Crippen LogP contribution is 2.48. The summed E-state index contributed by atoms with van der Waals surface area (Å²) < 4.78 is 26.9. The van der Waals surface area contributed by atoms with E-state index in [0.29, 0.717) is 6.42 Å². The third-order valence-corrected chi connectivity index (χ3v) is 5.21. The number of carbonyl (C=O) groups is 3. The highest BCUT2D eigenvalue weighted by molar-refractivity contribution is 6.34. The van der Waals surface area contributed by atoms with E-state index in [1.54, 1.807) is 0 Å². The molecule has 8 nitrogen and oxygen atoms in total. The van der Waals surface area contributed by atoms with E-state index in [9.17, 15) is 14.4 Å². The first-order valence-electron chi connectivity index (χ1n) is 9.64. The summed E-state index contributed by atoms with van der Waals surface area (Å²) in [4.78, 5) is 40.5.